The molecule has 0 spiro atoms. The molecule has 4 rings (SSSR count). The van der Waals surface area contributed by atoms with Crippen molar-refractivity contribution in [2.45, 2.75) is 106 Å². The minimum atomic E-state index is -0.00237. The van der Waals surface area contributed by atoms with Gasteiger partial charge < -0.3 is 0 Å². The van der Waals surface area contributed by atoms with Crippen molar-refractivity contribution in [3.05, 3.63) is 66.6 Å². The summed E-state index contributed by atoms with van der Waals surface area (Å²) in [7, 11) is 0. The van der Waals surface area contributed by atoms with Crippen LogP contribution in [0.25, 0.3) is 27.5 Å². The Hall–Kier alpha value is -2.68. The third-order valence-electron chi connectivity index (χ3n) is 6.01. The minimum absolute atomic E-state index is 0.00237. The molecule has 3 heterocycles. The van der Waals surface area contributed by atoms with Crippen LogP contribution in [0.3, 0.4) is 0 Å². The Morgan fingerprint density at radius 1 is 0.857 bits per heavy atom. The first-order valence-electron chi connectivity index (χ1n) is 13.3. The van der Waals surface area contributed by atoms with Crippen LogP contribution in [0.1, 0.15) is 113 Å². The van der Waals surface area contributed by atoms with Gasteiger partial charge in [-0.2, -0.15) is 0 Å². The monoisotopic (exact) mass is 475 g/mol. The molecule has 1 atom stereocenters. The second-order valence-electron chi connectivity index (χ2n) is 10.5. The molecule has 0 aliphatic heterocycles. The fourth-order valence-corrected chi connectivity index (χ4v) is 4.08. The summed E-state index contributed by atoms with van der Waals surface area (Å²) in [4.78, 5) is 10.3. The van der Waals surface area contributed by atoms with Crippen molar-refractivity contribution in [2.75, 3.05) is 0 Å². The Morgan fingerprint density at radius 3 is 1.94 bits per heavy atom. The van der Waals surface area contributed by atoms with Gasteiger partial charge in [-0.15, -0.1) is 13.2 Å². The molecule has 3 nitrogen and oxygen atoms in total. The Labute approximate surface area is 214 Å². The lowest BCUT2D eigenvalue weighted by atomic mass is 9.86. The number of benzene rings is 1. The number of imidazole rings is 1. The maximum absolute atomic E-state index is 5.20. The minimum Gasteiger partial charge on any atom is -0.295 e. The molecular formula is C32H49N3. The molecule has 35 heavy (non-hydrogen) atoms. The first-order chi connectivity index (χ1) is 16.5. The van der Waals surface area contributed by atoms with Crippen molar-refractivity contribution in [1.29, 1.82) is 0 Å². The first-order valence-corrected chi connectivity index (χ1v) is 13.3. The van der Waals surface area contributed by atoms with E-state index < -0.39 is 0 Å². The van der Waals surface area contributed by atoms with Crippen LogP contribution in [0.4, 0.5) is 0 Å². The predicted octanol–water partition coefficient (Wildman–Crippen LogP) is 10.00. The second-order valence-corrected chi connectivity index (χ2v) is 10.5. The SMILES string of the molecule is C=C.CC.CC.CCC(C)c1nc(C(C)(C)C)cc2cc(C(C)(C)C)n3c4ccccc4nc3c12. The van der Waals surface area contributed by atoms with Crippen LogP contribution >= 0.6 is 0 Å². The zero-order valence-electron chi connectivity index (χ0n) is 24.5. The van der Waals surface area contributed by atoms with Crippen LogP contribution in [-0.2, 0) is 10.8 Å². The molecule has 0 aliphatic carbocycles. The largest absolute Gasteiger partial charge is 0.295 e. The molecular weight excluding hydrogens is 426 g/mol. The van der Waals surface area contributed by atoms with E-state index in [1.807, 2.05) is 27.7 Å². The van der Waals surface area contributed by atoms with Crippen molar-refractivity contribution in [3.8, 4) is 0 Å². The molecule has 4 aromatic rings. The quantitative estimate of drug-likeness (QED) is 0.270. The Bertz CT molecular complexity index is 1230. The van der Waals surface area contributed by atoms with E-state index in [1.165, 1.54) is 27.7 Å². The maximum Gasteiger partial charge on any atom is 0.147 e. The molecule has 0 saturated heterocycles. The number of para-hydroxylation sites is 2. The highest BCUT2D eigenvalue weighted by Crippen LogP contribution is 2.37. The van der Waals surface area contributed by atoms with E-state index in [9.17, 15) is 0 Å². The van der Waals surface area contributed by atoms with Gasteiger partial charge in [0.2, 0.25) is 0 Å². The summed E-state index contributed by atoms with van der Waals surface area (Å²) in [5, 5.41) is 2.46. The lowest BCUT2D eigenvalue weighted by molar-refractivity contribution is 0.559. The highest BCUT2D eigenvalue weighted by atomic mass is 15.0. The molecule has 1 unspecified atom stereocenters. The molecule has 0 saturated carbocycles. The highest BCUT2D eigenvalue weighted by Gasteiger charge is 2.26. The van der Waals surface area contributed by atoms with Crippen LogP contribution in [-0.4, -0.2) is 14.4 Å². The molecule has 3 aromatic heterocycles. The van der Waals surface area contributed by atoms with E-state index in [1.54, 1.807) is 0 Å². The van der Waals surface area contributed by atoms with Crippen molar-refractivity contribution in [1.82, 2.24) is 14.4 Å². The van der Waals surface area contributed by atoms with Crippen LogP contribution in [0.15, 0.2) is 49.6 Å². The van der Waals surface area contributed by atoms with Gasteiger partial charge in [-0.05, 0) is 42.0 Å². The molecule has 0 N–H and O–H groups in total. The molecule has 0 amide bonds. The number of hydrogen-bond acceptors (Lipinski definition) is 2. The van der Waals surface area contributed by atoms with Crippen molar-refractivity contribution >= 4 is 27.5 Å². The van der Waals surface area contributed by atoms with E-state index in [2.05, 4.69) is 109 Å². The van der Waals surface area contributed by atoms with Gasteiger partial charge in [-0.25, -0.2) is 4.98 Å². The number of nitrogens with zero attached hydrogens (tertiary/aromatic N) is 3. The highest BCUT2D eigenvalue weighted by molar-refractivity contribution is 6.00. The van der Waals surface area contributed by atoms with Gasteiger partial charge in [0.05, 0.1) is 16.7 Å². The fourth-order valence-electron chi connectivity index (χ4n) is 4.08. The van der Waals surface area contributed by atoms with Crippen molar-refractivity contribution in [3.63, 3.8) is 0 Å². The number of fused-ring (bicyclic) bond motifs is 5. The lowest BCUT2D eigenvalue weighted by Gasteiger charge is -2.25. The van der Waals surface area contributed by atoms with Gasteiger partial charge in [0, 0.05) is 27.6 Å². The summed E-state index contributed by atoms with van der Waals surface area (Å²) in [5.41, 5.74) is 6.87. The van der Waals surface area contributed by atoms with E-state index in [0.29, 0.717) is 5.92 Å². The average molecular weight is 476 g/mol. The predicted molar refractivity (Wildman–Crippen MR) is 158 cm³/mol. The summed E-state index contributed by atoms with van der Waals surface area (Å²) in [6.45, 7) is 32.1. The molecule has 1 aromatic carbocycles. The third-order valence-corrected chi connectivity index (χ3v) is 6.01. The van der Waals surface area contributed by atoms with E-state index >= 15 is 0 Å². The third kappa shape index (κ3) is 6.12. The smallest absolute Gasteiger partial charge is 0.147 e. The zero-order valence-corrected chi connectivity index (χ0v) is 24.5. The topological polar surface area (TPSA) is 30.2 Å². The number of aromatic nitrogens is 3. The van der Waals surface area contributed by atoms with Crippen LogP contribution in [0.5, 0.6) is 0 Å². The van der Waals surface area contributed by atoms with Gasteiger partial charge in [0.1, 0.15) is 5.65 Å². The molecule has 0 bridgehead atoms. The van der Waals surface area contributed by atoms with E-state index in [-0.39, 0.29) is 10.8 Å². The maximum atomic E-state index is 5.20. The first kappa shape index (κ1) is 30.4. The standard InChI is InChI=1S/C26H33N3.2C2H6.C2H4/c1-9-16(2)23-22-17(14-20(28-23)25(3,4)5)15-21(26(6,7)8)29-19-13-11-10-12-18(19)27-24(22)29;3*1-2/h10-16H,9H2,1-8H3;2*1-2H3;1-2H2. The van der Waals surface area contributed by atoms with Gasteiger partial charge in [0.15, 0.2) is 0 Å². The zero-order chi connectivity index (χ0) is 27.1. The van der Waals surface area contributed by atoms with Crippen LogP contribution in [0, 0.1) is 0 Å². The summed E-state index contributed by atoms with van der Waals surface area (Å²) < 4.78 is 2.36. The molecule has 0 radical (unpaired) electrons. The molecule has 3 heteroatoms. The summed E-state index contributed by atoms with van der Waals surface area (Å²) >= 11 is 0. The Balaban J connectivity index is 0.000000949. The fraction of sp³-hybridized carbons (Fsp3) is 0.500. The molecule has 192 valence electrons. The average Bonchev–Trinajstić information content (AvgIpc) is 3.24. The van der Waals surface area contributed by atoms with E-state index in [4.69, 9.17) is 9.97 Å². The lowest BCUT2D eigenvalue weighted by Crippen LogP contribution is -2.18. The second kappa shape index (κ2) is 12.3. The van der Waals surface area contributed by atoms with Gasteiger partial charge in [-0.3, -0.25) is 9.38 Å². The van der Waals surface area contributed by atoms with Gasteiger partial charge >= 0.3 is 0 Å². The van der Waals surface area contributed by atoms with Gasteiger partial charge in [0.25, 0.3) is 0 Å². The van der Waals surface area contributed by atoms with Gasteiger partial charge in [-0.1, -0.05) is 95.2 Å². The number of rotatable bonds is 2. The molecule has 0 aliphatic rings. The van der Waals surface area contributed by atoms with Crippen LogP contribution < -0.4 is 0 Å². The molecule has 0 fully saturated rings. The van der Waals surface area contributed by atoms with Crippen molar-refractivity contribution < 1.29 is 0 Å². The number of pyridine rings is 2. The normalized spacial score (nSPS) is 12.2. The summed E-state index contributed by atoms with van der Waals surface area (Å²) in [6, 6.07) is 13.1. The van der Waals surface area contributed by atoms with E-state index in [0.717, 1.165) is 23.3 Å². The number of hydrogen-bond donors (Lipinski definition) is 0. The summed E-state index contributed by atoms with van der Waals surface area (Å²) in [5.74, 6) is 0.379. The Morgan fingerprint density at radius 2 is 1.43 bits per heavy atom. The summed E-state index contributed by atoms with van der Waals surface area (Å²) in [6.07, 6.45) is 1.06. The Kier molecular flexibility index (Phi) is 10.7. The van der Waals surface area contributed by atoms with Crippen molar-refractivity contribution in [2.24, 2.45) is 0 Å². The van der Waals surface area contributed by atoms with Crippen LogP contribution in [0.2, 0.25) is 0 Å².